The van der Waals surface area contributed by atoms with Crippen molar-refractivity contribution in [3.05, 3.63) is 94.5 Å². The molecule has 3 rings (SSSR count). The van der Waals surface area contributed by atoms with Gasteiger partial charge in [-0.15, -0.1) is 0 Å². The Morgan fingerprint density at radius 1 is 0.867 bits per heavy atom. The first-order valence-corrected chi connectivity index (χ1v) is 9.70. The number of ketones is 2. The first-order chi connectivity index (χ1) is 14.3. The van der Waals surface area contributed by atoms with Crippen LogP contribution in [0, 0.1) is 0 Å². The highest BCUT2D eigenvalue weighted by Crippen LogP contribution is 2.19. The SMILES string of the molecule is CC(=O)c1cccc(NC(=O)C(C)Oc2ccc(C(=O)c3ccc(Cl)cc3)cc2)c1. The van der Waals surface area contributed by atoms with Crippen LogP contribution in [0.25, 0.3) is 0 Å². The highest BCUT2D eigenvalue weighted by molar-refractivity contribution is 6.30. The standard InChI is InChI=1S/C24H20ClNO4/c1-15(27)19-4-3-5-21(14-19)26-24(29)16(2)30-22-12-8-18(9-13-22)23(28)17-6-10-20(25)11-7-17/h3-14,16H,1-2H3,(H,26,29). The summed E-state index contributed by atoms with van der Waals surface area (Å²) in [7, 11) is 0. The fourth-order valence-corrected chi connectivity index (χ4v) is 2.90. The van der Waals surface area contributed by atoms with E-state index < -0.39 is 6.10 Å². The summed E-state index contributed by atoms with van der Waals surface area (Å²) >= 11 is 5.85. The van der Waals surface area contributed by atoms with Crippen molar-refractivity contribution in [3.8, 4) is 5.75 Å². The summed E-state index contributed by atoms with van der Waals surface area (Å²) in [5.74, 6) is -0.0993. The van der Waals surface area contributed by atoms with Crippen LogP contribution in [-0.4, -0.2) is 23.6 Å². The van der Waals surface area contributed by atoms with Crippen LogP contribution in [-0.2, 0) is 4.79 Å². The minimum absolute atomic E-state index is 0.0800. The third kappa shape index (κ3) is 5.33. The van der Waals surface area contributed by atoms with Gasteiger partial charge in [0.05, 0.1) is 0 Å². The molecule has 6 heteroatoms. The first-order valence-electron chi connectivity index (χ1n) is 9.32. The lowest BCUT2D eigenvalue weighted by Crippen LogP contribution is -2.30. The molecule has 1 amide bonds. The normalized spacial score (nSPS) is 11.4. The first kappa shape index (κ1) is 21.3. The molecule has 1 atom stereocenters. The molecular formula is C24H20ClNO4. The Morgan fingerprint density at radius 2 is 1.47 bits per heavy atom. The second-order valence-electron chi connectivity index (χ2n) is 6.75. The number of carbonyl (C=O) groups is 3. The van der Waals surface area contributed by atoms with Crippen molar-refractivity contribution in [2.24, 2.45) is 0 Å². The minimum Gasteiger partial charge on any atom is -0.481 e. The molecule has 0 bridgehead atoms. The monoisotopic (exact) mass is 421 g/mol. The van der Waals surface area contributed by atoms with E-state index in [9.17, 15) is 14.4 Å². The number of Topliss-reactive ketones (excluding diaryl/α,β-unsaturated/α-hetero) is 1. The van der Waals surface area contributed by atoms with Crippen LogP contribution in [0.3, 0.4) is 0 Å². The van der Waals surface area contributed by atoms with E-state index >= 15 is 0 Å². The summed E-state index contributed by atoms with van der Waals surface area (Å²) in [5.41, 5.74) is 2.07. The van der Waals surface area contributed by atoms with Gasteiger partial charge in [0, 0.05) is 27.4 Å². The van der Waals surface area contributed by atoms with E-state index in [4.69, 9.17) is 16.3 Å². The second-order valence-corrected chi connectivity index (χ2v) is 7.18. The van der Waals surface area contributed by atoms with Gasteiger partial charge in [-0.05, 0) is 74.5 Å². The highest BCUT2D eigenvalue weighted by atomic mass is 35.5. The van der Waals surface area contributed by atoms with Gasteiger partial charge in [0.2, 0.25) is 0 Å². The van der Waals surface area contributed by atoms with Crippen LogP contribution < -0.4 is 10.1 Å². The molecule has 3 aromatic carbocycles. The van der Waals surface area contributed by atoms with Crippen molar-refractivity contribution < 1.29 is 19.1 Å². The Balaban J connectivity index is 1.62. The molecule has 0 spiro atoms. The van der Waals surface area contributed by atoms with Gasteiger partial charge in [-0.25, -0.2) is 0 Å². The van der Waals surface area contributed by atoms with E-state index in [1.54, 1.807) is 79.7 Å². The van der Waals surface area contributed by atoms with Gasteiger partial charge < -0.3 is 10.1 Å². The number of benzene rings is 3. The largest absolute Gasteiger partial charge is 0.481 e. The van der Waals surface area contributed by atoms with Crippen LogP contribution >= 0.6 is 11.6 Å². The summed E-state index contributed by atoms with van der Waals surface area (Å²) in [4.78, 5) is 36.4. The molecule has 0 radical (unpaired) electrons. The zero-order valence-corrected chi connectivity index (χ0v) is 17.3. The summed E-state index contributed by atoms with van der Waals surface area (Å²) in [6, 6.07) is 20.0. The topological polar surface area (TPSA) is 72.5 Å². The van der Waals surface area contributed by atoms with Gasteiger partial charge in [-0.1, -0.05) is 23.7 Å². The van der Waals surface area contributed by atoms with E-state index in [2.05, 4.69) is 5.32 Å². The van der Waals surface area contributed by atoms with Crippen molar-refractivity contribution in [1.82, 2.24) is 0 Å². The zero-order chi connectivity index (χ0) is 21.7. The Hall–Kier alpha value is -3.44. The fraction of sp³-hybridized carbons (Fsp3) is 0.125. The number of carbonyl (C=O) groups excluding carboxylic acids is 3. The van der Waals surface area contributed by atoms with Gasteiger partial charge in [0.1, 0.15) is 5.75 Å². The predicted octanol–water partition coefficient (Wildman–Crippen LogP) is 5.18. The minimum atomic E-state index is -0.774. The smallest absolute Gasteiger partial charge is 0.265 e. The van der Waals surface area contributed by atoms with E-state index in [0.29, 0.717) is 33.1 Å². The number of ether oxygens (including phenoxy) is 1. The lowest BCUT2D eigenvalue weighted by Gasteiger charge is -2.15. The molecule has 0 aliphatic rings. The quantitative estimate of drug-likeness (QED) is 0.533. The lowest BCUT2D eigenvalue weighted by atomic mass is 10.0. The van der Waals surface area contributed by atoms with Crippen molar-refractivity contribution in [1.29, 1.82) is 0 Å². The average molecular weight is 422 g/mol. The third-order valence-electron chi connectivity index (χ3n) is 4.44. The molecule has 1 N–H and O–H groups in total. The van der Waals surface area contributed by atoms with Crippen LogP contribution in [0.4, 0.5) is 5.69 Å². The summed E-state index contributed by atoms with van der Waals surface area (Å²) < 4.78 is 5.67. The van der Waals surface area contributed by atoms with Gasteiger partial charge in [0.25, 0.3) is 5.91 Å². The molecular weight excluding hydrogens is 402 g/mol. The molecule has 30 heavy (non-hydrogen) atoms. The van der Waals surface area contributed by atoms with Crippen LogP contribution in [0.2, 0.25) is 5.02 Å². The number of anilines is 1. The molecule has 3 aromatic rings. The number of hydrogen-bond acceptors (Lipinski definition) is 4. The molecule has 0 aromatic heterocycles. The van der Waals surface area contributed by atoms with Crippen molar-refractivity contribution in [2.45, 2.75) is 20.0 Å². The molecule has 0 saturated carbocycles. The average Bonchev–Trinajstić information content (AvgIpc) is 2.74. The van der Waals surface area contributed by atoms with Crippen LogP contribution in [0.1, 0.15) is 40.1 Å². The maximum absolute atomic E-state index is 12.5. The van der Waals surface area contributed by atoms with E-state index in [1.165, 1.54) is 6.92 Å². The van der Waals surface area contributed by atoms with Crippen LogP contribution in [0.15, 0.2) is 72.8 Å². The van der Waals surface area contributed by atoms with E-state index in [1.807, 2.05) is 0 Å². The fourth-order valence-electron chi connectivity index (χ4n) is 2.77. The highest BCUT2D eigenvalue weighted by Gasteiger charge is 2.16. The number of halogens is 1. The third-order valence-corrected chi connectivity index (χ3v) is 4.69. The number of hydrogen-bond donors (Lipinski definition) is 1. The van der Waals surface area contributed by atoms with Gasteiger partial charge >= 0.3 is 0 Å². The molecule has 0 aliphatic heterocycles. The number of amides is 1. The molecule has 152 valence electrons. The van der Waals surface area contributed by atoms with E-state index in [0.717, 1.165) is 0 Å². The molecule has 0 aliphatic carbocycles. The molecule has 0 fully saturated rings. The van der Waals surface area contributed by atoms with Gasteiger partial charge in [-0.3, -0.25) is 14.4 Å². The molecule has 1 unspecified atom stereocenters. The van der Waals surface area contributed by atoms with Gasteiger partial charge in [-0.2, -0.15) is 0 Å². The Bertz CT molecular complexity index is 1080. The predicted molar refractivity (Wildman–Crippen MR) is 116 cm³/mol. The number of rotatable bonds is 7. The summed E-state index contributed by atoms with van der Waals surface area (Å²) in [5, 5.41) is 3.30. The Labute approximate surface area is 179 Å². The molecule has 0 saturated heterocycles. The molecule has 5 nitrogen and oxygen atoms in total. The second kappa shape index (κ2) is 9.37. The maximum atomic E-state index is 12.5. The van der Waals surface area contributed by atoms with Crippen LogP contribution in [0.5, 0.6) is 5.75 Å². The summed E-state index contributed by atoms with van der Waals surface area (Å²) in [6.45, 7) is 3.09. The Kier molecular flexibility index (Phi) is 6.65. The number of nitrogens with one attached hydrogen (secondary N) is 1. The van der Waals surface area contributed by atoms with E-state index in [-0.39, 0.29) is 17.5 Å². The lowest BCUT2D eigenvalue weighted by molar-refractivity contribution is -0.122. The summed E-state index contributed by atoms with van der Waals surface area (Å²) in [6.07, 6.45) is -0.774. The van der Waals surface area contributed by atoms with Crippen molar-refractivity contribution in [3.63, 3.8) is 0 Å². The van der Waals surface area contributed by atoms with Crippen molar-refractivity contribution >= 4 is 34.8 Å². The maximum Gasteiger partial charge on any atom is 0.265 e. The van der Waals surface area contributed by atoms with Gasteiger partial charge in [0.15, 0.2) is 17.7 Å². The molecule has 0 heterocycles. The Morgan fingerprint density at radius 3 is 2.07 bits per heavy atom. The van der Waals surface area contributed by atoms with Crippen molar-refractivity contribution in [2.75, 3.05) is 5.32 Å². The zero-order valence-electron chi connectivity index (χ0n) is 16.5.